The number of hydrogen-bond donors (Lipinski definition) is 1. The van der Waals surface area contributed by atoms with Gasteiger partial charge in [0.05, 0.1) is 12.7 Å². The smallest absolute Gasteiger partial charge is 0.416 e. The summed E-state index contributed by atoms with van der Waals surface area (Å²) < 4.78 is 50.9. The van der Waals surface area contributed by atoms with Crippen molar-refractivity contribution in [3.8, 4) is 17.0 Å². The molecule has 39 heavy (non-hydrogen) atoms. The lowest BCUT2D eigenvalue weighted by Gasteiger charge is -2.35. The number of methoxy groups -OCH3 is 1. The summed E-state index contributed by atoms with van der Waals surface area (Å²) in [4.78, 5) is 25.8. The Labute approximate surface area is 222 Å². The molecular formula is C27H27F3N6O3. The van der Waals surface area contributed by atoms with Crippen molar-refractivity contribution in [2.75, 3.05) is 43.5 Å². The van der Waals surface area contributed by atoms with Crippen LogP contribution in [0.1, 0.15) is 24.7 Å². The molecule has 3 heterocycles. The van der Waals surface area contributed by atoms with E-state index in [4.69, 9.17) is 14.2 Å². The maximum Gasteiger partial charge on any atom is 0.416 e. The molecule has 1 aliphatic heterocycles. The largest absolute Gasteiger partial charge is 0.497 e. The number of alkyl halides is 3. The molecule has 1 N–H and O–H groups in total. The van der Waals surface area contributed by atoms with E-state index in [1.54, 1.807) is 42.3 Å². The van der Waals surface area contributed by atoms with E-state index in [0.717, 1.165) is 18.6 Å². The topological polar surface area (TPSA) is 96.6 Å². The van der Waals surface area contributed by atoms with Crippen molar-refractivity contribution in [2.45, 2.75) is 25.9 Å². The van der Waals surface area contributed by atoms with E-state index in [1.165, 1.54) is 6.07 Å². The van der Waals surface area contributed by atoms with Gasteiger partial charge in [-0.3, -0.25) is 0 Å². The average molecular weight is 541 g/mol. The summed E-state index contributed by atoms with van der Waals surface area (Å²) in [5, 5.41) is 7.43. The third-order valence-corrected chi connectivity index (χ3v) is 6.49. The quantitative estimate of drug-likeness (QED) is 0.339. The first-order valence-electron chi connectivity index (χ1n) is 12.6. The Hall–Kier alpha value is -4.35. The van der Waals surface area contributed by atoms with Crippen LogP contribution >= 0.6 is 0 Å². The number of fused-ring (bicyclic) bond motifs is 1. The van der Waals surface area contributed by atoms with E-state index >= 15 is 0 Å². The molecule has 0 bridgehead atoms. The fraction of sp³-hybridized carbons (Fsp3) is 0.333. The van der Waals surface area contributed by atoms with Crippen LogP contribution in [0, 0.1) is 0 Å². The number of nitrogens with zero attached hydrogens (tertiary/aromatic N) is 5. The molecule has 2 amide bonds. The molecule has 0 radical (unpaired) electrons. The molecule has 12 heteroatoms. The van der Waals surface area contributed by atoms with Crippen LogP contribution in [0.25, 0.3) is 22.4 Å². The third kappa shape index (κ3) is 5.59. The lowest BCUT2D eigenvalue weighted by molar-refractivity contribution is -0.137. The van der Waals surface area contributed by atoms with Gasteiger partial charge in [0.2, 0.25) is 0 Å². The fourth-order valence-corrected chi connectivity index (χ4v) is 4.51. The molecule has 2 aromatic heterocycles. The van der Waals surface area contributed by atoms with Gasteiger partial charge in [0.1, 0.15) is 28.5 Å². The number of carbonyl (C=O) groups excluding carboxylic acids is 1. The summed E-state index contributed by atoms with van der Waals surface area (Å²) in [6.45, 7) is 3.73. The first-order chi connectivity index (χ1) is 18.8. The summed E-state index contributed by atoms with van der Waals surface area (Å²) in [6.07, 6.45) is -3.09. The normalized spacial score (nSPS) is 14.1. The number of urea groups is 1. The van der Waals surface area contributed by atoms with Crippen molar-refractivity contribution >= 4 is 28.6 Å². The molecule has 1 saturated heterocycles. The van der Waals surface area contributed by atoms with E-state index in [2.05, 4.69) is 15.5 Å². The number of halogens is 3. The van der Waals surface area contributed by atoms with Crippen molar-refractivity contribution in [1.82, 2.24) is 20.0 Å². The molecule has 0 unspecified atom stereocenters. The number of amides is 2. The van der Waals surface area contributed by atoms with Crippen LogP contribution in [0.5, 0.6) is 5.75 Å². The van der Waals surface area contributed by atoms with Crippen LogP contribution in [0.2, 0.25) is 0 Å². The number of aromatic nitrogens is 3. The van der Waals surface area contributed by atoms with Crippen LogP contribution < -0.4 is 15.0 Å². The Kier molecular flexibility index (Phi) is 7.27. The van der Waals surface area contributed by atoms with Gasteiger partial charge in [-0.05, 0) is 30.7 Å². The predicted molar refractivity (Wildman–Crippen MR) is 140 cm³/mol. The van der Waals surface area contributed by atoms with Gasteiger partial charge in [-0.2, -0.15) is 18.2 Å². The van der Waals surface area contributed by atoms with Crippen LogP contribution in [-0.4, -0.2) is 59.3 Å². The minimum absolute atomic E-state index is 0.217. The number of rotatable bonds is 6. The first-order valence-corrected chi connectivity index (χ1v) is 12.6. The number of carbonyl (C=O) groups is 1. The zero-order valence-corrected chi connectivity index (χ0v) is 21.5. The minimum Gasteiger partial charge on any atom is -0.497 e. The maximum absolute atomic E-state index is 13.4. The van der Waals surface area contributed by atoms with Crippen LogP contribution in [0.15, 0.2) is 53.1 Å². The number of hydrogen-bond acceptors (Lipinski definition) is 7. The molecule has 1 aliphatic rings. The molecule has 0 aliphatic carbocycles. The Morgan fingerprint density at radius 2 is 1.85 bits per heavy atom. The zero-order valence-electron chi connectivity index (χ0n) is 21.5. The number of anilines is 2. The average Bonchev–Trinajstić information content (AvgIpc) is 3.37. The van der Waals surface area contributed by atoms with Gasteiger partial charge in [0.15, 0.2) is 0 Å². The summed E-state index contributed by atoms with van der Waals surface area (Å²) in [7, 11) is 1.56. The Morgan fingerprint density at radius 3 is 2.56 bits per heavy atom. The van der Waals surface area contributed by atoms with Gasteiger partial charge in [-0.15, -0.1) is 0 Å². The highest BCUT2D eigenvalue weighted by atomic mass is 19.4. The molecule has 5 rings (SSSR count). The first kappa shape index (κ1) is 26.3. The highest BCUT2D eigenvalue weighted by Crippen LogP contribution is 2.37. The zero-order chi connectivity index (χ0) is 27.6. The SMILES string of the molecule is CCCc1nc(N2CCN(C(=O)Nc3cccc(OC)c3)CC2)c2c(-c3cccc(C(F)(F)F)c3)noc2n1. The van der Waals surface area contributed by atoms with E-state index in [1.807, 2.05) is 11.8 Å². The Bertz CT molecular complexity index is 1480. The molecular weight excluding hydrogens is 513 g/mol. The van der Waals surface area contributed by atoms with Crippen molar-refractivity contribution in [2.24, 2.45) is 0 Å². The number of aryl methyl sites for hydroxylation is 1. The summed E-state index contributed by atoms with van der Waals surface area (Å²) in [5.74, 6) is 1.73. The molecule has 0 saturated carbocycles. The second-order valence-corrected chi connectivity index (χ2v) is 9.14. The van der Waals surface area contributed by atoms with E-state index in [9.17, 15) is 18.0 Å². The van der Waals surface area contributed by atoms with Crippen LogP contribution in [0.3, 0.4) is 0 Å². The molecule has 2 aromatic carbocycles. The van der Waals surface area contributed by atoms with Crippen LogP contribution in [-0.2, 0) is 12.6 Å². The standard InChI is InChI=1S/C27H27F3N6O3/c1-3-6-21-32-24(22-23(34-39-25(22)33-21)17-7-4-8-18(15-17)27(28,29)30)35-11-13-36(14-12-35)26(37)31-19-9-5-10-20(16-19)38-2/h4-5,7-10,15-16H,3,6,11-14H2,1-2H3,(H,31,37). The van der Waals surface area contributed by atoms with E-state index in [-0.39, 0.29) is 23.0 Å². The molecule has 1 fully saturated rings. The van der Waals surface area contributed by atoms with Crippen molar-refractivity contribution in [1.29, 1.82) is 0 Å². The highest BCUT2D eigenvalue weighted by Gasteiger charge is 2.32. The van der Waals surface area contributed by atoms with Gasteiger partial charge in [-0.1, -0.05) is 30.3 Å². The molecule has 4 aromatic rings. The van der Waals surface area contributed by atoms with Crippen molar-refractivity contribution < 1.29 is 27.2 Å². The van der Waals surface area contributed by atoms with Crippen molar-refractivity contribution in [3.63, 3.8) is 0 Å². The van der Waals surface area contributed by atoms with E-state index < -0.39 is 11.7 Å². The lowest BCUT2D eigenvalue weighted by Crippen LogP contribution is -2.50. The molecule has 0 spiro atoms. The van der Waals surface area contributed by atoms with Gasteiger partial charge < -0.3 is 24.4 Å². The molecule has 204 valence electrons. The van der Waals surface area contributed by atoms with Crippen molar-refractivity contribution in [3.05, 3.63) is 59.9 Å². The van der Waals surface area contributed by atoms with Gasteiger partial charge in [0, 0.05) is 49.9 Å². The molecule has 0 atom stereocenters. The summed E-state index contributed by atoms with van der Waals surface area (Å²) >= 11 is 0. The fourth-order valence-electron chi connectivity index (χ4n) is 4.51. The van der Waals surface area contributed by atoms with Gasteiger partial charge in [0.25, 0.3) is 5.71 Å². The number of ether oxygens (including phenoxy) is 1. The highest BCUT2D eigenvalue weighted by molar-refractivity contribution is 5.98. The minimum atomic E-state index is -4.50. The lowest BCUT2D eigenvalue weighted by atomic mass is 10.1. The maximum atomic E-state index is 13.4. The Morgan fingerprint density at radius 1 is 1.08 bits per heavy atom. The summed E-state index contributed by atoms with van der Waals surface area (Å²) in [6, 6.07) is 11.8. The monoisotopic (exact) mass is 540 g/mol. The van der Waals surface area contributed by atoms with Gasteiger partial charge >= 0.3 is 12.2 Å². The molecule has 9 nitrogen and oxygen atoms in total. The Balaban J connectivity index is 1.42. The second kappa shape index (κ2) is 10.8. The third-order valence-electron chi connectivity index (χ3n) is 6.49. The summed E-state index contributed by atoms with van der Waals surface area (Å²) in [5.41, 5.74) is 0.560. The number of benzene rings is 2. The second-order valence-electron chi connectivity index (χ2n) is 9.14. The number of piperazine rings is 1. The van der Waals surface area contributed by atoms with Crippen LogP contribution in [0.4, 0.5) is 29.5 Å². The number of nitrogens with one attached hydrogen (secondary N) is 1. The predicted octanol–water partition coefficient (Wildman–Crippen LogP) is 5.62. The van der Waals surface area contributed by atoms with Gasteiger partial charge in [-0.25, -0.2) is 9.78 Å². The van der Waals surface area contributed by atoms with E-state index in [0.29, 0.717) is 61.1 Å².